The van der Waals surface area contributed by atoms with Crippen LogP contribution in [0, 0.1) is 0 Å². The van der Waals surface area contributed by atoms with Crippen molar-refractivity contribution in [1.29, 1.82) is 0 Å². The standard InChI is InChI=1S/C25H28F3N7O4S/c1-34(40(2,38)39)22-17(4-3-11-29-22)14-30-21-20(25(26,27)28)15-31-24(33-21)32-18-7-5-16(6-8-18)23(37)35-12-9-19(36)10-13-35/h3-8,11,15,19,36H,9-10,12-14H2,1-2H3,(H2,30,31,32,33). The summed E-state index contributed by atoms with van der Waals surface area (Å²) in [6.07, 6.45) is -1.11. The Kier molecular flexibility index (Phi) is 8.44. The molecule has 40 heavy (non-hydrogen) atoms. The average Bonchev–Trinajstić information content (AvgIpc) is 2.91. The molecule has 1 aromatic carbocycles. The van der Waals surface area contributed by atoms with Gasteiger partial charge >= 0.3 is 6.18 Å². The number of halogens is 3. The van der Waals surface area contributed by atoms with Crippen LogP contribution in [0.25, 0.3) is 0 Å². The molecule has 4 rings (SSSR count). The van der Waals surface area contributed by atoms with Crippen molar-refractivity contribution in [2.75, 3.05) is 41.3 Å². The maximum absolute atomic E-state index is 13.7. The predicted molar refractivity (Wildman–Crippen MR) is 143 cm³/mol. The highest BCUT2D eigenvalue weighted by atomic mass is 32.2. The molecule has 3 aromatic rings. The maximum atomic E-state index is 13.7. The molecule has 3 N–H and O–H groups in total. The van der Waals surface area contributed by atoms with E-state index in [0.717, 1.165) is 10.6 Å². The number of carbonyl (C=O) groups excluding carboxylic acids is 1. The number of benzene rings is 1. The van der Waals surface area contributed by atoms with Crippen LogP contribution in [0.2, 0.25) is 0 Å². The lowest BCUT2D eigenvalue weighted by atomic mass is 10.1. The molecule has 0 atom stereocenters. The summed E-state index contributed by atoms with van der Waals surface area (Å²) in [6.45, 7) is 0.716. The van der Waals surface area contributed by atoms with Crippen LogP contribution < -0.4 is 14.9 Å². The lowest BCUT2D eigenvalue weighted by molar-refractivity contribution is -0.137. The zero-order valence-corrected chi connectivity index (χ0v) is 22.5. The van der Waals surface area contributed by atoms with Gasteiger partial charge in [-0.25, -0.2) is 18.4 Å². The molecular formula is C25H28F3N7O4S. The van der Waals surface area contributed by atoms with Gasteiger partial charge in [0, 0.05) is 55.9 Å². The fourth-order valence-electron chi connectivity index (χ4n) is 4.05. The lowest BCUT2D eigenvalue weighted by Gasteiger charge is -2.29. The van der Waals surface area contributed by atoms with Crippen molar-refractivity contribution in [3.8, 4) is 0 Å². The van der Waals surface area contributed by atoms with E-state index in [-0.39, 0.29) is 24.2 Å². The van der Waals surface area contributed by atoms with E-state index in [0.29, 0.717) is 48.9 Å². The van der Waals surface area contributed by atoms with Crippen LogP contribution in [0.15, 0.2) is 48.8 Å². The van der Waals surface area contributed by atoms with E-state index in [9.17, 15) is 31.5 Å². The van der Waals surface area contributed by atoms with Crippen molar-refractivity contribution in [2.45, 2.75) is 31.7 Å². The molecule has 11 nitrogen and oxygen atoms in total. The third-order valence-corrected chi connectivity index (χ3v) is 7.51. The van der Waals surface area contributed by atoms with Gasteiger partial charge in [0.25, 0.3) is 5.91 Å². The Hall–Kier alpha value is -3.98. The van der Waals surface area contributed by atoms with Crippen molar-refractivity contribution in [1.82, 2.24) is 19.9 Å². The minimum atomic E-state index is -4.76. The number of nitrogens with one attached hydrogen (secondary N) is 2. The molecule has 15 heteroatoms. The van der Waals surface area contributed by atoms with Gasteiger partial charge in [-0.15, -0.1) is 0 Å². The summed E-state index contributed by atoms with van der Waals surface area (Å²) in [4.78, 5) is 26.2. The lowest BCUT2D eigenvalue weighted by Crippen LogP contribution is -2.40. The van der Waals surface area contributed by atoms with E-state index in [2.05, 4.69) is 25.6 Å². The number of rotatable bonds is 8. The Morgan fingerprint density at radius 1 is 1.15 bits per heavy atom. The van der Waals surface area contributed by atoms with E-state index in [1.807, 2.05) is 0 Å². The third-order valence-electron chi connectivity index (χ3n) is 6.34. The van der Waals surface area contributed by atoms with Crippen LogP contribution in [0.4, 0.5) is 36.4 Å². The monoisotopic (exact) mass is 579 g/mol. The molecule has 0 spiro atoms. The first kappa shape index (κ1) is 29.0. The zero-order chi connectivity index (χ0) is 29.1. The van der Waals surface area contributed by atoms with E-state index >= 15 is 0 Å². The summed E-state index contributed by atoms with van der Waals surface area (Å²) >= 11 is 0. The molecule has 0 aliphatic carbocycles. The van der Waals surface area contributed by atoms with Gasteiger partial charge in [-0.05, 0) is 43.2 Å². The number of aliphatic hydroxyl groups is 1. The molecule has 1 saturated heterocycles. The molecule has 3 heterocycles. The normalized spacial score (nSPS) is 14.6. The number of amides is 1. The number of hydrogen-bond donors (Lipinski definition) is 3. The minimum Gasteiger partial charge on any atom is -0.393 e. The summed E-state index contributed by atoms with van der Waals surface area (Å²) in [7, 11) is -2.36. The first-order valence-electron chi connectivity index (χ1n) is 12.2. The van der Waals surface area contributed by atoms with Crippen LogP contribution in [0.1, 0.15) is 34.3 Å². The number of aromatic nitrogens is 3. The second-order valence-electron chi connectivity index (χ2n) is 9.25. The van der Waals surface area contributed by atoms with Gasteiger partial charge in [-0.1, -0.05) is 6.07 Å². The van der Waals surface area contributed by atoms with Crippen molar-refractivity contribution < 1.29 is 31.5 Å². The highest BCUT2D eigenvalue weighted by Crippen LogP contribution is 2.34. The number of pyridine rings is 1. The topological polar surface area (TPSA) is 141 Å². The molecule has 1 aliphatic heterocycles. The Labute approximate surface area is 229 Å². The Morgan fingerprint density at radius 3 is 2.45 bits per heavy atom. The maximum Gasteiger partial charge on any atom is 0.421 e. The second-order valence-corrected chi connectivity index (χ2v) is 11.3. The van der Waals surface area contributed by atoms with Crippen LogP contribution in [-0.2, 0) is 22.7 Å². The number of likely N-dealkylation sites (tertiary alicyclic amines) is 1. The molecule has 0 saturated carbocycles. The summed E-state index contributed by atoms with van der Waals surface area (Å²) in [5.74, 6) is -0.749. The number of sulfonamides is 1. The van der Waals surface area contributed by atoms with E-state index in [4.69, 9.17) is 0 Å². The van der Waals surface area contributed by atoms with Gasteiger partial charge < -0.3 is 20.6 Å². The zero-order valence-electron chi connectivity index (χ0n) is 21.7. The van der Waals surface area contributed by atoms with Crippen molar-refractivity contribution >= 4 is 39.2 Å². The van der Waals surface area contributed by atoms with E-state index in [1.54, 1.807) is 35.2 Å². The van der Waals surface area contributed by atoms with Crippen LogP contribution in [0.5, 0.6) is 0 Å². The first-order chi connectivity index (χ1) is 18.8. The molecule has 214 valence electrons. The summed E-state index contributed by atoms with van der Waals surface area (Å²) < 4.78 is 66.0. The highest BCUT2D eigenvalue weighted by molar-refractivity contribution is 7.92. The number of hydrogen-bond acceptors (Lipinski definition) is 9. The van der Waals surface area contributed by atoms with E-state index in [1.165, 1.54) is 19.3 Å². The Morgan fingerprint density at radius 2 is 1.82 bits per heavy atom. The fraction of sp³-hybridized carbons (Fsp3) is 0.360. The molecule has 2 aromatic heterocycles. The van der Waals surface area contributed by atoms with Crippen LogP contribution >= 0.6 is 0 Å². The summed E-state index contributed by atoms with van der Waals surface area (Å²) in [5.41, 5.74) is 0.109. The number of alkyl halides is 3. The van der Waals surface area contributed by atoms with Gasteiger partial charge in [0.05, 0.1) is 12.4 Å². The van der Waals surface area contributed by atoms with Crippen LogP contribution in [-0.4, -0.2) is 71.8 Å². The van der Waals surface area contributed by atoms with Crippen molar-refractivity contribution in [3.63, 3.8) is 0 Å². The third kappa shape index (κ3) is 6.96. The van der Waals surface area contributed by atoms with E-state index < -0.39 is 33.7 Å². The van der Waals surface area contributed by atoms with Gasteiger partial charge in [-0.3, -0.25) is 9.10 Å². The van der Waals surface area contributed by atoms with Crippen LogP contribution in [0.3, 0.4) is 0 Å². The molecule has 0 radical (unpaired) electrons. The fourth-order valence-corrected chi connectivity index (χ4v) is 4.53. The van der Waals surface area contributed by atoms with Crippen molar-refractivity contribution in [3.05, 3.63) is 65.5 Å². The number of carbonyl (C=O) groups is 1. The number of nitrogens with zero attached hydrogens (tertiary/aromatic N) is 5. The number of anilines is 4. The molecule has 0 unspecified atom stereocenters. The molecule has 1 fully saturated rings. The molecular weight excluding hydrogens is 551 g/mol. The first-order valence-corrected chi connectivity index (χ1v) is 14.1. The van der Waals surface area contributed by atoms with Crippen molar-refractivity contribution in [2.24, 2.45) is 0 Å². The number of aliphatic hydroxyl groups excluding tert-OH is 1. The highest BCUT2D eigenvalue weighted by Gasteiger charge is 2.35. The smallest absolute Gasteiger partial charge is 0.393 e. The molecule has 0 bridgehead atoms. The number of piperidine rings is 1. The van der Waals surface area contributed by atoms with Gasteiger partial charge in [-0.2, -0.15) is 18.2 Å². The van der Waals surface area contributed by atoms with Gasteiger partial charge in [0.15, 0.2) is 0 Å². The second kappa shape index (κ2) is 11.6. The molecule has 1 aliphatic rings. The Balaban J connectivity index is 1.52. The van der Waals surface area contributed by atoms with Gasteiger partial charge in [0.1, 0.15) is 17.2 Å². The SMILES string of the molecule is CN(c1ncccc1CNc1nc(Nc2ccc(C(=O)N3CCC(O)CC3)cc2)ncc1C(F)(F)F)S(C)(=O)=O. The predicted octanol–water partition coefficient (Wildman–Crippen LogP) is 3.24. The quantitative estimate of drug-likeness (QED) is 0.367. The molecule has 1 amide bonds. The largest absolute Gasteiger partial charge is 0.421 e. The Bertz CT molecular complexity index is 1460. The summed E-state index contributed by atoms with van der Waals surface area (Å²) in [5, 5.41) is 15.1. The minimum absolute atomic E-state index is 0.0637. The average molecular weight is 580 g/mol. The summed E-state index contributed by atoms with van der Waals surface area (Å²) in [6, 6.07) is 9.42. The van der Waals surface area contributed by atoms with Gasteiger partial charge in [0.2, 0.25) is 16.0 Å².